The molecule has 9 rings (SSSR count). The molecule has 1 aliphatic heterocycles. The first kappa shape index (κ1) is 47.4. The Kier molecular flexibility index (Phi) is 13.0. The van der Waals surface area contributed by atoms with Gasteiger partial charge in [-0.15, -0.1) is 0 Å². The molecule has 2 aromatic heterocycles. The van der Waals surface area contributed by atoms with E-state index in [1.807, 2.05) is 63.7 Å². The van der Waals surface area contributed by atoms with E-state index in [0.717, 1.165) is 84.4 Å². The average molecular weight is 929 g/mol. The molecule has 4 aromatic rings. The molecule has 14 nitrogen and oxygen atoms in total. The lowest BCUT2D eigenvalue weighted by Gasteiger charge is -2.32. The number of imidazole rings is 2. The molecule has 2 aromatic carbocycles. The summed E-state index contributed by atoms with van der Waals surface area (Å²) in [7, 11) is 0. The minimum Gasteiger partial charge on any atom is -0.444 e. The average Bonchev–Trinajstić information content (AvgIpc) is 3.81. The molecule has 1 saturated heterocycles. The lowest BCUT2D eigenvalue weighted by atomic mass is 9.93. The van der Waals surface area contributed by atoms with Crippen molar-refractivity contribution in [1.82, 2.24) is 40.4 Å². The number of nitrogens with zero attached hydrogens (tertiary/aromatic N) is 4. The summed E-state index contributed by atoms with van der Waals surface area (Å²) in [5.41, 5.74) is 4.53. The van der Waals surface area contributed by atoms with Crippen LogP contribution < -0.4 is 10.6 Å². The fourth-order valence-corrected chi connectivity index (χ4v) is 11.5. The van der Waals surface area contributed by atoms with Gasteiger partial charge in [0.1, 0.15) is 34.9 Å². The number of amides is 4. The molecule has 10 atom stereocenters. The highest BCUT2D eigenvalue weighted by molar-refractivity contribution is 5.87. The summed E-state index contributed by atoms with van der Waals surface area (Å²) in [5.74, 6) is 4.03. The lowest BCUT2D eigenvalue weighted by Crippen LogP contribution is -2.53. The number of rotatable bonds is 13. The van der Waals surface area contributed by atoms with Crippen molar-refractivity contribution in [3.8, 4) is 33.6 Å². The topological polar surface area (TPSA) is 175 Å². The minimum atomic E-state index is -0.672. The highest BCUT2D eigenvalue weighted by atomic mass is 16.6. The number of benzene rings is 2. The molecule has 4 aliphatic carbocycles. The maximum absolute atomic E-state index is 14.6. The molecule has 68 heavy (non-hydrogen) atoms. The van der Waals surface area contributed by atoms with Crippen LogP contribution in [0.4, 0.5) is 9.59 Å². The van der Waals surface area contributed by atoms with Crippen LogP contribution in [0.2, 0.25) is 0 Å². The highest BCUT2D eigenvalue weighted by Crippen LogP contribution is 2.55. The predicted octanol–water partition coefficient (Wildman–Crippen LogP) is 10.0. The Bertz CT molecular complexity index is 2450. The van der Waals surface area contributed by atoms with Crippen LogP contribution in [0.15, 0.2) is 60.9 Å². The van der Waals surface area contributed by atoms with E-state index in [9.17, 15) is 19.2 Å². The van der Waals surface area contributed by atoms with Crippen LogP contribution in [-0.4, -0.2) is 89.6 Å². The van der Waals surface area contributed by atoms with Crippen molar-refractivity contribution in [2.24, 2.45) is 41.4 Å². The van der Waals surface area contributed by atoms with Crippen molar-refractivity contribution in [2.75, 3.05) is 6.54 Å². The summed E-state index contributed by atoms with van der Waals surface area (Å²) in [5, 5.41) is 5.99. The van der Waals surface area contributed by atoms with Gasteiger partial charge in [0.2, 0.25) is 11.8 Å². The maximum Gasteiger partial charge on any atom is 0.408 e. The van der Waals surface area contributed by atoms with Crippen LogP contribution in [0.5, 0.6) is 0 Å². The lowest BCUT2D eigenvalue weighted by molar-refractivity contribution is -0.137. The number of hydrogen-bond donors (Lipinski definition) is 4. The van der Waals surface area contributed by atoms with Crippen LogP contribution in [-0.2, 0) is 25.6 Å². The Balaban J connectivity index is 0.846. The molecule has 5 fully saturated rings. The SMILES string of the molecule is CC1CCC(C(NC(=O)OC(C)(C)C)C(=O)N(Cc2ncc(-c3ccc(-c4ccc(-c5cnc(C6CCCN6C(=O)C(NC(=O)OC(C)(C)C)C6CC7CC7C6)[nH]5)cc4)cc3)[nH]2)C2C(C)[C@H]2C)C1. The van der Waals surface area contributed by atoms with E-state index >= 15 is 0 Å². The molecule has 4 amide bonds. The number of H-pyrrole nitrogens is 2. The predicted molar refractivity (Wildman–Crippen MR) is 261 cm³/mol. The van der Waals surface area contributed by atoms with Crippen molar-refractivity contribution >= 4 is 24.0 Å². The van der Waals surface area contributed by atoms with Gasteiger partial charge in [0, 0.05) is 12.6 Å². The molecule has 4 N–H and O–H groups in total. The monoisotopic (exact) mass is 929 g/mol. The van der Waals surface area contributed by atoms with Gasteiger partial charge in [0.25, 0.3) is 0 Å². The van der Waals surface area contributed by atoms with Crippen molar-refractivity contribution < 1.29 is 28.7 Å². The number of ether oxygens (including phenoxy) is 2. The molecule has 14 heteroatoms. The number of alkyl carbamates (subject to hydrolysis) is 2. The summed E-state index contributed by atoms with van der Waals surface area (Å²) < 4.78 is 11.2. The van der Waals surface area contributed by atoms with E-state index in [1.165, 1.54) is 6.42 Å². The fourth-order valence-electron chi connectivity index (χ4n) is 11.5. The zero-order valence-corrected chi connectivity index (χ0v) is 41.4. The van der Waals surface area contributed by atoms with Gasteiger partial charge in [-0.1, -0.05) is 75.7 Å². The van der Waals surface area contributed by atoms with Crippen LogP contribution in [0.25, 0.3) is 33.6 Å². The van der Waals surface area contributed by atoms with Gasteiger partial charge >= 0.3 is 12.2 Å². The number of nitrogens with one attached hydrogen (secondary N) is 4. The van der Waals surface area contributed by atoms with Crippen molar-refractivity contribution in [1.29, 1.82) is 0 Å². The van der Waals surface area contributed by atoms with Gasteiger partial charge in [-0.3, -0.25) is 9.59 Å². The molecule has 9 unspecified atom stereocenters. The van der Waals surface area contributed by atoms with E-state index in [4.69, 9.17) is 19.4 Å². The number of hydrogen-bond acceptors (Lipinski definition) is 8. The number of carbonyl (C=O) groups excluding carboxylic acids is 4. The van der Waals surface area contributed by atoms with Crippen molar-refractivity contribution in [3.05, 3.63) is 72.6 Å². The molecule has 364 valence electrons. The molecule has 3 heterocycles. The van der Waals surface area contributed by atoms with Gasteiger partial charge in [-0.25, -0.2) is 19.6 Å². The number of aromatic nitrogens is 4. The fraction of sp³-hybridized carbons (Fsp3) is 0.593. The van der Waals surface area contributed by atoms with Crippen molar-refractivity contribution in [3.63, 3.8) is 0 Å². The normalized spacial score (nSPS) is 27.2. The molecular weight excluding hydrogens is 857 g/mol. The Hall–Kier alpha value is -5.66. The third-order valence-corrected chi connectivity index (χ3v) is 15.4. The van der Waals surface area contributed by atoms with E-state index in [0.29, 0.717) is 48.5 Å². The Morgan fingerprint density at radius 3 is 1.78 bits per heavy atom. The van der Waals surface area contributed by atoms with Crippen LogP contribution in [0, 0.1) is 41.4 Å². The molecule has 4 saturated carbocycles. The number of aromatic amines is 2. The smallest absolute Gasteiger partial charge is 0.408 e. The van der Waals surface area contributed by atoms with Gasteiger partial charge in [0.05, 0.1) is 36.4 Å². The standard InChI is InChI=1S/C54H72N8O6/c1-30-12-13-37(23-30)45(59-51(65)67-53(4,5)6)50(64)62(47-31(2)32(47)3)29-44-55-27-41(57-44)35-18-14-33(15-19-35)34-16-20-36(21-17-34)42-28-56-48(58-42)43-11-10-22-61(43)49(63)46(40-25-38-24-39(38)26-40)60-52(66)68-54(7,8)9/h14-21,27-28,30-32,37-40,43,45-47H,10-13,22-26,29H2,1-9H3,(H,55,57)(H,56,58)(H,59,65)(H,60,66)/t30?,31-,32?,37?,38?,39?,40?,43?,45?,46?,47?/m1/s1. The molecule has 5 aliphatic rings. The van der Waals surface area contributed by atoms with Crippen LogP contribution in [0.1, 0.15) is 131 Å². The maximum atomic E-state index is 14.6. The number of carbonyl (C=O) groups is 4. The van der Waals surface area contributed by atoms with Crippen LogP contribution in [0.3, 0.4) is 0 Å². The summed E-state index contributed by atoms with van der Waals surface area (Å²) in [6.07, 6.45) is 10.2. The second-order valence-electron chi connectivity index (χ2n) is 22.9. The molecule has 0 radical (unpaired) electrons. The Morgan fingerprint density at radius 1 is 0.691 bits per heavy atom. The first-order valence-electron chi connectivity index (χ1n) is 25.2. The van der Waals surface area contributed by atoms with E-state index in [2.05, 4.69) is 89.9 Å². The third-order valence-electron chi connectivity index (χ3n) is 15.4. The van der Waals surface area contributed by atoms with E-state index in [1.54, 1.807) is 0 Å². The minimum absolute atomic E-state index is 0.0456. The first-order valence-corrected chi connectivity index (χ1v) is 25.2. The second kappa shape index (κ2) is 18.7. The summed E-state index contributed by atoms with van der Waals surface area (Å²) in [4.78, 5) is 75.3. The molecule has 0 bridgehead atoms. The van der Waals surface area contributed by atoms with Gasteiger partial charge in [0.15, 0.2) is 0 Å². The van der Waals surface area contributed by atoms with E-state index < -0.39 is 35.5 Å². The zero-order chi connectivity index (χ0) is 48.2. The molecule has 0 spiro atoms. The third kappa shape index (κ3) is 10.6. The van der Waals surface area contributed by atoms with Crippen LogP contribution >= 0.6 is 0 Å². The van der Waals surface area contributed by atoms with Gasteiger partial charge in [-0.2, -0.15) is 0 Å². The van der Waals surface area contributed by atoms with E-state index in [-0.39, 0.29) is 35.7 Å². The number of fused-ring (bicyclic) bond motifs is 1. The van der Waals surface area contributed by atoms with Gasteiger partial charge < -0.3 is 39.9 Å². The summed E-state index contributed by atoms with van der Waals surface area (Å²) in [6.45, 7) is 18.5. The first-order chi connectivity index (χ1) is 32.3. The highest BCUT2D eigenvalue weighted by Gasteiger charge is 2.52. The zero-order valence-electron chi connectivity index (χ0n) is 41.4. The number of likely N-dealkylation sites (tertiary alicyclic amines) is 1. The summed E-state index contributed by atoms with van der Waals surface area (Å²) >= 11 is 0. The van der Waals surface area contributed by atoms with Gasteiger partial charge in [-0.05, 0) is 150 Å². The Morgan fingerprint density at radius 2 is 1.24 bits per heavy atom. The second-order valence-corrected chi connectivity index (χ2v) is 22.9. The largest absolute Gasteiger partial charge is 0.444 e. The van der Waals surface area contributed by atoms with Crippen molar-refractivity contribution in [2.45, 2.75) is 156 Å². The summed E-state index contributed by atoms with van der Waals surface area (Å²) in [6, 6.07) is 15.3. The molecular formula is C54H72N8O6. The Labute approximate surface area is 401 Å². The quantitative estimate of drug-likeness (QED) is 0.103.